The minimum absolute atomic E-state index is 0.123. The van der Waals surface area contributed by atoms with Gasteiger partial charge in [-0.15, -0.1) is 0 Å². The topological polar surface area (TPSA) is 95.5 Å². The molecule has 0 aromatic carbocycles. The maximum absolute atomic E-state index is 11.8. The average molecular weight is 256 g/mol. The van der Waals surface area contributed by atoms with Crippen LogP contribution in [0.1, 0.15) is 27.2 Å². The maximum atomic E-state index is 11.8. The van der Waals surface area contributed by atoms with Crippen LogP contribution < -0.4 is 10.6 Å². The molecule has 1 rings (SSSR count). The summed E-state index contributed by atoms with van der Waals surface area (Å²) >= 11 is 0. The molecule has 3 N–H and O–H groups in total. The van der Waals surface area contributed by atoms with Gasteiger partial charge in [-0.2, -0.15) is 0 Å². The second-order valence-electron chi connectivity index (χ2n) is 5.11. The fourth-order valence-electron chi connectivity index (χ4n) is 2.28. The Labute approximate surface area is 106 Å². The first-order valence-electron chi connectivity index (χ1n) is 6.09. The van der Waals surface area contributed by atoms with E-state index in [0.717, 1.165) is 0 Å². The predicted octanol–water partition coefficient (Wildman–Crippen LogP) is -0.0144. The summed E-state index contributed by atoms with van der Waals surface area (Å²) in [5.41, 5.74) is -0.498. The highest BCUT2D eigenvalue weighted by Crippen LogP contribution is 2.58. The Balaban J connectivity index is 2.35. The van der Waals surface area contributed by atoms with Crippen molar-refractivity contribution in [3.05, 3.63) is 0 Å². The van der Waals surface area contributed by atoms with Gasteiger partial charge in [0.25, 0.3) is 0 Å². The summed E-state index contributed by atoms with van der Waals surface area (Å²) in [7, 11) is 0. The lowest BCUT2D eigenvalue weighted by molar-refractivity contribution is -0.140. The third-order valence-electron chi connectivity index (χ3n) is 3.40. The summed E-state index contributed by atoms with van der Waals surface area (Å²) in [5.74, 6) is -2.46. The minimum Gasteiger partial charge on any atom is -0.481 e. The van der Waals surface area contributed by atoms with E-state index in [-0.39, 0.29) is 24.8 Å². The van der Waals surface area contributed by atoms with Crippen LogP contribution in [0.15, 0.2) is 0 Å². The van der Waals surface area contributed by atoms with E-state index < -0.39 is 23.2 Å². The maximum Gasteiger partial charge on any atom is 0.307 e. The van der Waals surface area contributed by atoms with Crippen molar-refractivity contribution in [2.45, 2.75) is 27.2 Å². The molecule has 2 amide bonds. The molecule has 6 heteroatoms. The number of hydrogen-bond acceptors (Lipinski definition) is 3. The molecule has 0 bridgehead atoms. The number of carbonyl (C=O) groups excluding carboxylic acids is 2. The molecule has 0 heterocycles. The lowest BCUT2D eigenvalue weighted by Gasteiger charge is -2.06. The number of carbonyl (C=O) groups is 3. The number of aliphatic carboxylic acids is 1. The Morgan fingerprint density at radius 1 is 1.17 bits per heavy atom. The Morgan fingerprint density at radius 2 is 1.78 bits per heavy atom. The molecule has 102 valence electrons. The molecule has 1 fully saturated rings. The van der Waals surface area contributed by atoms with Gasteiger partial charge in [-0.1, -0.05) is 13.8 Å². The summed E-state index contributed by atoms with van der Waals surface area (Å²) < 4.78 is 0. The van der Waals surface area contributed by atoms with Crippen molar-refractivity contribution in [1.29, 1.82) is 0 Å². The second-order valence-corrected chi connectivity index (χ2v) is 5.11. The van der Waals surface area contributed by atoms with E-state index in [2.05, 4.69) is 10.6 Å². The van der Waals surface area contributed by atoms with Crippen molar-refractivity contribution >= 4 is 17.8 Å². The normalized spacial score (nSPS) is 24.2. The molecular formula is C12H20N2O4. The highest BCUT2D eigenvalue weighted by molar-refractivity contribution is 5.91. The molecule has 1 aliphatic carbocycles. The van der Waals surface area contributed by atoms with Gasteiger partial charge < -0.3 is 15.7 Å². The third-order valence-corrected chi connectivity index (χ3v) is 3.40. The van der Waals surface area contributed by atoms with Crippen molar-refractivity contribution in [3.8, 4) is 0 Å². The van der Waals surface area contributed by atoms with Gasteiger partial charge in [0.05, 0.1) is 11.8 Å². The summed E-state index contributed by atoms with van der Waals surface area (Å²) in [6, 6.07) is 0. The van der Waals surface area contributed by atoms with E-state index in [1.807, 2.05) is 6.92 Å². The van der Waals surface area contributed by atoms with Crippen LogP contribution in [0.4, 0.5) is 0 Å². The van der Waals surface area contributed by atoms with Crippen LogP contribution in [0.3, 0.4) is 0 Å². The second kappa shape index (κ2) is 5.37. The van der Waals surface area contributed by atoms with Crippen molar-refractivity contribution < 1.29 is 19.5 Å². The van der Waals surface area contributed by atoms with Crippen LogP contribution in [-0.2, 0) is 14.4 Å². The lowest BCUT2D eigenvalue weighted by atomic mass is 10.1. The Hall–Kier alpha value is -1.59. The van der Waals surface area contributed by atoms with Gasteiger partial charge in [0.15, 0.2) is 0 Å². The molecular weight excluding hydrogens is 236 g/mol. The molecule has 0 aliphatic heterocycles. The molecule has 6 nitrogen and oxygen atoms in total. The first-order valence-corrected chi connectivity index (χ1v) is 6.09. The summed E-state index contributed by atoms with van der Waals surface area (Å²) in [4.78, 5) is 33.8. The quantitative estimate of drug-likeness (QED) is 0.622. The zero-order valence-corrected chi connectivity index (χ0v) is 10.9. The zero-order chi connectivity index (χ0) is 13.9. The molecule has 1 aliphatic rings. The molecule has 0 aromatic heterocycles. The van der Waals surface area contributed by atoms with Crippen LogP contribution >= 0.6 is 0 Å². The van der Waals surface area contributed by atoms with Crippen LogP contribution in [0, 0.1) is 17.3 Å². The summed E-state index contributed by atoms with van der Waals surface area (Å²) in [6.45, 7) is 6.15. The van der Waals surface area contributed by atoms with Crippen LogP contribution in [0.2, 0.25) is 0 Å². The SMILES string of the molecule is CCNC(=O)CCNC(=O)C1C(C(=O)O)C1(C)C. The molecule has 0 saturated heterocycles. The smallest absolute Gasteiger partial charge is 0.307 e. The van der Waals surface area contributed by atoms with Gasteiger partial charge in [0.1, 0.15) is 0 Å². The van der Waals surface area contributed by atoms with Crippen molar-refractivity contribution in [2.75, 3.05) is 13.1 Å². The van der Waals surface area contributed by atoms with Gasteiger partial charge in [0, 0.05) is 19.5 Å². The van der Waals surface area contributed by atoms with Gasteiger partial charge >= 0.3 is 5.97 Å². The van der Waals surface area contributed by atoms with E-state index in [4.69, 9.17) is 5.11 Å². The van der Waals surface area contributed by atoms with Crippen LogP contribution in [-0.4, -0.2) is 36.0 Å². The monoisotopic (exact) mass is 256 g/mol. The summed E-state index contributed by atoms with van der Waals surface area (Å²) in [6.07, 6.45) is 0.213. The number of rotatable bonds is 6. The number of amides is 2. The first-order chi connectivity index (χ1) is 8.32. The molecule has 1 saturated carbocycles. The lowest BCUT2D eigenvalue weighted by Crippen LogP contribution is -2.32. The van der Waals surface area contributed by atoms with E-state index in [9.17, 15) is 14.4 Å². The average Bonchev–Trinajstić information content (AvgIpc) is 2.82. The van der Waals surface area contributed by atoms with E-state index in [0.29, 0.717) is 6.54 Å². The molecule has 0 aromatic rings. The standard InChI is InChI=1S/C12H20N2O4/c1-4-13-7(15)5-6-14-10(16)8-9(11(17)18)12(8,2)3/h8-9H,4-6H2,1-3H3,(H,13,15)(H,14,16)(H,17,18). The van der Waals surface area contributed by atoms with Gasteiger partial charge in [-0.25, -0.2) is 0 Å². The van der Waals surface area contributed by atoms with Crippen molar-refractivity contribution in [3.63, 3.8) is 0 Å². The van der Waals surface area contributed by atoms with Crippen molar-refractivity contribution in [1.82, 2.24) is 10.6 Å². The third kappa shape index (κ3) is 3.00. The minimum atomic E-state index is -0.941. The Kier molecular flexibility index (Phi) is 4.32. The van der Waals surface area contributed by atoms with Crippen LogP contribution in [0.5, 0.6) is 0 Å². The highest BCUT2D eigenvalue weighted by Gasteiger charge is 2.65. The Bertz CT molecular complexity index is 365. The molecule has 2 unspecified atom stereocenters. The zero-order valence-electron chi connectivity index (χ0n) is 10.9. The molecule has 2 atom stereocenters. The molecule has 0 radical (unpaired) electrons. The number of carboxylic acid groups (broad SMARTS) is 1. The molecule has 18 heavy (non-hydrogen) atoms. The summed E-state index contributed by atoms with van der Waals surface area (Å²) in [5, 5.41) is 14.2. The molecule has 0 spiro atoms. The van der Waals surface area contributed by atoms with Gasteiger partial charge in [0.2, 0.25) is 11.8 Å². The highest BCUT2D eigenvalue weighted by atomic mass is 16.4. The first kappa shape index (κ1) is 14.5. The largest absolute Gasteiger partial charge is 0.481 e. The number of nitrogens with one attached hydrogen (secondary N) is 2. The van der Waals surface area contributed by atoms with E-state index in [1.165, 1.54) is 0 Å². The van der Waals surface area contributed by atoms with Gasteiger partial charge in [-0.05, 0) is 12.3 Å². The fraction of sp³-hybridized carbons (Fsp3) is 0.750. The van der Waals surface area contributed by atoms with E-state index in [1.54, 1.807) is 13.8 Å². The fourth-order valence-corrected chi connectivity index (χ4v) is 2.28. The predicted molar refractivity (Wildman–Crippen MR) is 64.7 cm³/mol. The van der Waals surface area contributed by atoms with E-state index >= 15 is 0 Å². The Morgan fingerprint density at radius 3 is 2.22 bits per heavy atom. The van der Waals surface area contributed by atoms with Crippen LogP contribution in [0.25, 0.3) is 0 Å². The number of hydrogen-bond donors (Lipinski definition) is 3. The number of carboxylic acids is 1. The van der Waals surface area contributed by atoms with Gasteiger partial charge in [-0.3, -0.25) is 14.4 Å². The van der Waals surface area contributed by atoms with Crippen molar-refractivity contribution in [2.24, 2.45) is 17.3 Å².